The molecule has 0 aliphatic carbocycles. The highest BCUT2D eigenvalue weighted by molar-refractivity contribution is 5.34. The second-order valence-electron chi connectivity index (χ2n) is 3.96. The number of ether oxygens (including phenoxy) is 1. The lowest BCUT2D eigenvalue weighted by Gasteiger charge is -2.11. The van der Waals surface area contributed by atoms with E-state index in [1.807, 2.05) is 0 Å². The zero-order valence-corrected chi connectivity index (χ0v) is 10.00. The van der Waals surface area contributed by atoms with E-state index < -0.39 is 17.5 Å². The molecule has 2 aromatic carbocycles. The Hall–Kier alpha value is -2.01. The van der Waals surface area contributed by atoms with Crippen molar-refractivity contribution < 1.29 is 17.9 Å². The first-order valence-electron chi connectivity index (χ1n) is 5.66. The van der Waals surface area contributed by atoms with Crippen LogP contribution in [0, 0.1) is 17.5 Å². The second kappa shape index (κ2) is 5.75. The fraction of sp³-hybridized carbons (Fsp3) is 0.143. The summed E-state index contributed by atoms with van der Waals surface area (Å²) in [6.45, 7) is -0.0546. The molecule has 0 radical (unpaired) electrons. The molecule has 0 aliphatic heterocycles. The summed E-state index contributed by atoms with van der Waals surface area (Å²) in [7, 11) is 0. The highest BCUT2D eigenvalue weighted by Gasteiger charge is 2.09. The number of hydrogen-bond donors (Lipinski definition) is 1. The normalized spacial score (nSPS) is 10.5. The van der Waals surface area contributed by atoms with Gasteiger partial charge in [-0.1, -0.05) is 12.1 Å². The molecule has 0 aromatic heterocycles. The fourth-order valence-electron chi connectivity index (χ4n) is 1.66. The Labute approximate surface area is 108 Å². The minimum absolute atomic E-state index is 0.0901. The summed E-state index contributed by atoms with van der Waals surface area (Å²) in [4.78, 5) is 0. The van der Waals surface area contributed by atoms with Gasteiger partial charge in [0.2, 0.25) is 0 Å². The summed E-state index contributed by atoms with van der Waals surface area (Å²) in [6, 6.07) is 7.72. The highest BCUT2D eigenvalue weighted by atomic mass is 19.2. The van der Waals surface area contributed by atoms with Crippen molar-refractivity contribution in [2.75, 3.05) is 0 Å². The number of hydrogen-bond acceptors (Lipinski definition) is 2. The zero-order chi connectivity index (χ0) is 13.8. The summed E-state index contributed by atoms with van der Waals surface area (Å²) in [6.07, 6.45) is 0. The molecule has 0 unspecified atom stereocenters. The van der Waals surface area contributed by atoms with Gasteiger partial charge < -0.3 is 10.5 Å². The van der Waals surface area contributed by atoms with Crippen LogP contribution in [0.1, 0.15) is 11.1 Å². The lowest BCUT2D eigenvalue weighted by atomic mass is 10.2. The molecule has 2 N–H and O–H groups in total. The van der Waals surface area contributed by atoms with Gasteiger partial charge >= 0.3 is 0 Å². The summed E-state index contributed by atoms with van der Waals surface area (Å²) in [5.74, 6) is -1.95. The molecule has 0 saturated heterocycles. The Bertz CT molecular complexity index is 587. The molecule has 0 bridgehead atoms. The van der Waals surface area contributed by atoms with Crippen molar-refractivity contribution in [3.05, 3.63) is 65.0 Å². The number of halogens is 3. The van der Waals surface area contributed by atoms with Gasteiger partial charge in [-0.3, -0.25) is 0 Å². The number of nitrogens with two attached hydrogens (primary N) is 1. The standard InChI is InChI=1S/C14H12F3NO/c15-11-4-5-13(10(6-11)7-18)19-8-9-2-1-3-12(16)14(9)17/h1-6H,7-8,18H2. The monoisotopic (exact) mass is 267 g/mol. The number of rotatable bonds is 4. The van der Waals surface area contributed by atoms with E-state index in [-0.39, 0.29) is 18.7 Å². The maximum atomic E-state index is 13.4. The largest absolute Gasteiger partial charge is 0.488 e. The smallest absolute Gasteiger partial charge is 0.165 e. The minimum Gasteiger partial charge on any atom is -0.488 e. The van der Waals surface area contributed by atoms with E-state index in [0.29, 0.717) is 11.3 Å². The maximum absolute atomic E-state index is 13.4. The predicted octanol–water partition coefficient (Wildman–Crippen LogP) is 3.14. The van der Waals surface area contributed by atoms with Crippen LogP contribution in [0.3, 0.4) is 0 Å². The van der Waals surface area contributed by atoms with Gasteiger partial charge in [-0.2, -0.15) is 0 Å². The first kappa shape index (κ1) is 13.4. The van der Waals surface area contributed by atoms with Gasteiger partial charge in [0.1, 0.15) is 18.2 Å². The molecule has 5 heteroatoms. The lowest BCUT2D eigenvalue weighted by molar-refractivity contribution is 0.293. The van der Waals surface area contributed by atoms with Crippen LogP contribution in [-0.4, -0.2) is 0 Å². The van der Waals surface area contributed by atoms with E-state index >= 15 is 0 Å². The molecule has 2 nitrogen and oxygen atoms in total. The van der Waals surface area contributed by atoms with Gasteiger partial charge in [-0.15, -0.1) is 0 Å². The third-order valence-electron chi connectivity index (χ3n) is 2.66. The zero-order valence-electron chi connectivity index (χ0n) is 10.00. The van der Waals surface area contributed by atoms with Crippen molar-refractivity contribution in [2.45, 2.75) is 13.2 Å². The van der Waals surface area contributed by atoms with E-state index in [9.17, 15) is 13.2 Å². The molecular formula is C14H12F3NO. The van der Waals surface area contributed by atoms with Crippen molar-refractivity contribution in [1.29, 1.82) is 0 Å². The molecule has 0 amide bonds. The summed E-state index contributed by atoms with van der Waals surface area (Å²) >= 11 is 0. The Morgan fingerprint density at radius 3 is 2.53 bits per heavy atom. The van der Waals surface area contributed by atoms with Crippen LogP contribution in [0.2, 0.25) is 0 Å². The second-order valence-corrected chi connectivity index (χ2v) is 3.96. The lowest BCUT2D eigenvalue weighted by Crippen LogP contribution is -2.05. The quantitative estimate of drug-likeness (QED) is 0.923. The van der Waals surface area contributed by atoms with Crippen LogP contribution < -0.4 is 10.5 Å². The molecular weight excluding hydrogens is 255 g/mol. The highest BCUT2D eigenvalue weighted by Crippen LogP contribution is 2.21. The molecule has 2 rings (SSSR count). The Kier molecular flexibility index (Phi) is 4.06. The third kappa shape index (κ3) is 3.06. The van der Waals surface area contributed by atoms with Crippen molar-refractivity contribution in [1.82, 2.24) is 0 Å². The molecule has 19 heavy (non-hydrogen) atoms. The molecule has 2 aromatic rings. The summed E-state index contributed by atoms with van der Waals surface area (Å²) in [5.41, 5.74) is 6.02. The van der Waals surface area contributed by atoms with E-state index in [1.165, 1.54) is 30.3 Å². The average molecular weight is 267 g/mol. The van der Waals surface area contributed by atoms with Gasteiger partial charge in [0.25, 0.3) is 0 Å². The maximum Gasteiger partial charge on any atom is 0.165 e. The SMILES string of the molecule is NCc1cc(F)ccc1OCc1cccc(F)c1F. The molecule has 0 saturated carbocycles. The Balaban J connectivity index is 2.17. The predicted molar refractivity (Wildman–Crippen MR) is 65.0 cm³/mol. The Morgan fingerprint density at radius 2 is 1.79 bits per heavy atom. The van der Waals surface area contributed by atoms with E-state index in [4.69, 9.17) is 10.5 Å². The van der Waals surface area contributed by atoms with E-state index in [0.717, 1.165) is 6.07 Å². The van der Waals surface area contributed by atoms with Crippen LogP contribution in [-0.2, 0) is 13.2 Å². The van der Waals surface area contributed by atoms with Crippen molar-refractivity contribution in [2.24, 2.45) is 5.73 Å². The van der Waals surface area contributed by atoms with Crippen molar-refractivity contribution in [3.8, 4) is 5.75 Å². The number of benzene rings is 2. The summed E-state index contributed by atoms with van der Waals surface area (Å²) < 4.78 is 44.8. The van der Waals surface area contributed by atoms with Gasteiger partial charge in [0.15, 0.2) is 11.6 Å². The third-order valence-corrected chi connectivity index (χ3v) is 2.66. The molecule has 0 fully saturated rings. The van der Waals surface area contributed by atoms with Gasteiger partial charge in [-0.25, -0.2) is 13.2 Å². The molecule has 100 valence electrons. The Morgan fingerprint density at radius 1 is 1.00 bits per heavy atom. The van der Waals surface area contributed by atoms with E-state index in [1.54, 1.807) is 0 Å². The van der Waals surface area contributed by atoms with Gasteiger partial charge in [0.05, 0.1) is 0 Å². The molecule has 0 spiro atoms. The van der Waals surface area contributed by atoms with Gasteiger partial charge in [0, 0.05) is 17.7 Å². The summed E-state index contributed by atoms with van der Waals surface area (Å²) in [5, 5.41) is 0. The average Bonchev–Trinajstić information content (AvgIpc) is 2.41. The van der Waals surface area contributed by atoms with Crippen LogP contribution in [0.25, 0.3) is 0 Å². The van der Waals surface area contributed by atoms with Crippen LogP contribution in [0.15, 0.2) is 36.4 Å². The van der Waals surface area contributed by atoms with E-state index in [2.05, 4.69) is 0 Å². The molecule has 0 heterocycles. The first-order valence-corrected chi connectivity index (χ1v) is 5.66. The van der Waals surface area contributed by atoms with Crippen LogP contribution >= 0.6 is 0 Å². The first-order chi connectivity index (χ1) is 9.11. The van der Waals surface area contributed by atoms with Crippen LogP contribution in [0.4, 0.5) is 13.2 Å². The van der Waals surface area contributed by atoms with Crippen LogP contribution in [0.5, 0.6) is 5.75 Å². The van der Waals surface area contributed by atoms with Crippen molar-refractivity contribution in [3.63, 3.8) is 0 Å². The minimum atomic E-state index is -0.945. The molecule has 0 aliphatic rings. The molecule has 0 atom stereocenters. The fourth-order valence-corrected chi connectivity index (χ4v) is 1.66. The van der Waals surface area contributed by atoms with Gasteiger partial charge in [-0.05, 0) is 24.3 Å². The van der Waals surface area contributed by atoms with Crippen molar-refractivity contribution >= 4 is 0 Å². The topological polar surface area (TPSA) is 35.2 Å².